The molecular formula is C17H17N3O2. The Bertz CT molecular complexity index is 824. The SMILES string of the molecule is Cc1nc2ccccc2n1CCNC(=O)c1ccccc1O. The van der Waals surface area contributed by atoms with Crippen LogP contribution in [0.1, 0.15) is 16.2 Å². The van der Waals surface area contributed by atoms with Gasteiger partial charge in [0.1, 0.15) is 11.6 Å². The lowest BCUT2D eigenvalue weighted by Crippen LogP contribution is -2.27. The average molecular weight is 295 g/mol. The first-order valence-corrected chi connectivity index (χ1v) is 7.15. The number of amides is 1. The summed E-state index contributed by atoms with van der Waals surface area (Å²) in [4.78, 5) is 16.5. The number of nitrogens with zero attached hydrogens (tertiary/aromatic N) is 2. The van der Waals surface area contributed by atoms with E-state index in [0.29, 0.717) is 13.1 Å². The molecule has 0 saturated heterocycles. The quantitative estimate of drug-likeness (QED) is 0.777. The van der Waals surface area contributed by atoms with Gasteiger partial charge < -0.3 is 15.0 Å². The van der Waals surface area contributed by atoms with Crippen LogP contribution in [-0.4, -0.2) is 27.1 Å². The number of aromatic nitrogens is 2. The first kappa shape index (κ1) is 14.1. The van der Waals surface area contributed by atoms with E-state index in [1.807, 2.05) is 31.2 Å². The number of hydrogen-bond donors (Lipinski definition) is 2. The molecule has 0 spiro atoms. The molecule has 0 saturated carbocycles. The topological polar surface area (TPSA) is 67.2 Å². The van der Waals surface area contributed by atoms with Gasteiger partial charge in [0.05, 0.1) is 16.6 Å². The zero-order valence-corrected chi connectivity index (χ0v) is 12.3. The number of nitrogens with one attached hydrogen (secondary N) is 1. The number of phenolic OH excluding ortho intramolecular Hbond substituents is 1. The molecule has 0 fully saturated rings. The second-order valence-electron chi connectivity index (χ2n) is 5.07. The molecule has 0 aliphatic rings. The van der Waals surface area contributed by atoms with E-state index in [1.165, 1.54) is 6.07 Å². The Labute approximate surface area is 128 Å². The minimum Gasteiger partial charge on any atom is -0.507 e. The van der Waals surface area contributed by atoms with Gasteiger partial charge >= 0.3 is 0 Å². The molecule has 5 heteroatoms. The normalized spacial score (nSPS) is 10.8. The van der Waals surface area contributed by atoms with Crippen LogP contribution in [0.3, 0.4) is 0 Å². The fraction of sp³-hybridized carbons (Fsp3) is 0.176. The van der Waals surface area contributed by atoms with E-state index in [-0.39, 0.29) is 17.2 Å². The monoisotopic (exact) mass is 295 g/mol. The van der Waals surface area contributed by atoms with E-state index in [1.54, 1.807) is 18.2 Å². The number of aromatic hydroxyl groups is 1. The summed E-state index contributed by atoms with van der Waals surface area (Å²) in [5.41, 5.74) is 2.29. The van der Waals surface area contributed by atoms with Crippen LogP contribution in [0.4, 0.5) is 0 Å². The zero-order valence-electron chi connectivity index (χ0n) is 12.3. The number of para-hydroxylation sites is 3. The summed E-state index contributed by atoms with van der Waals surface area (Å²) in [6, 6.07) is 14.4. The predicted octanol–water partition coefficient (Wildman–Crippen LogP) is 2.48. The van der Waals surface area contributed by atoms with Crippen molar-refractivity contribution in [3.05, 3.63) is 59.9 Å². The second kappa shape index (κ2) is 5.89. The number of aryl methyl sites for hydroxylation is 1. The Kier molecular flexibility index (Phi) is 3.78. The third kappa shape index (κ3) is 2.65. The van der Waals surface area contributed by atoms with Crippen molar-refractivity contribution < 1.29 is 9.90 Å². The maximum absolute atomic E-state index is 12.0. The Morgan fingerprint density at radius 2 is 1.91 bits per heavy atom. The fourth-order valence-corrected chi connectivity index (χ4v) is 2.52. The molecule has 3 rings (SSSR count). The lowest BCUT2D eigenvalue weighted by Gasteiger charge is -2.09. The van der Waals surface area contributed by atoms with Gasteiger partial charge in [0.25, 0.3) is 5.91 Å². The third-order valence-corrected chi connectivity index (χ3v) is 3.62. The number of carbonyl (C=O) groups excluding carboxylic acids is 1. The average Bonchev–Trinajstić information content (AvgIpc) is 2.83. The molecule has 0 atom stereocenters. The number of phenols is 1. The van der Waals surface area contributed by atoms with Crippen LogP contribution in [0.5, 0.6) is 5.75 Å². The lowest BCUT2D eigenvalue weighted by atomic mass is 10.2. The predicted molar refractivity (Wildman–Crippen MR) is 84.9 cm³/mol. The van der Waals surface area contributed by atoms with E-state index in [4.69, 9.17) is 0 Å². The van der Waals surface area contributed by atoms with Crippen LogP contribution in [0, 0.1) is 6.92 Å². The summed E-state index contributed by atoms with van der Waals surface area (Å²) >= 11 is 0. The highest BCUT2D eigenvalue weighted by molar-refractivity contribution is 5.96. The molecule has 0 unspecified atom stereocenters. The standard InChI is InChI=1S/C17H17N3O2/c1-12-19-14-7-3-4-8-15(14)20(12)11-10-18-17(22)13-6-2-5-9-16(13)21/h2-9,21H,10-11H2,1H3,(H,18,22). The first-order valence-electron chi connectivity index (χ1n) is 7.15. The molecule has 1 heterocycles. The second-order valence-corrected chi connectivity index (χ2v) is 5.07. The number of carbonyl (C=O) groups is 1. The first-order chi connectivity index (χ1) is 10.7. The van der Waals surface area contributed by atoms with Crippen molar-refractivity contribution in [1.29, 1.82) is 0 Å². The van der Waals surface area contributed by atoms with Crippen molar-refractivity contribution in [2.24, 2.45) is 0 Å². The molecule has 1 aromatic heterocycles. The Hall–Kier alpha value is -2.82. The van der Waals surface area contributed by atoms with Crippen LogP contribution in [-0.2, 0) is 6.54 Å². The van der Waals surface area contributed by atoms with E-state index in [2.05, 4.69) is 14.9 Å². The Balaban J connectivity index is 1.69. The highest BCUT2D eigenvalue weighted by Crippen LogP contribution is 2.16. The van der Waals surface area contributed by atoms with Gasteiger partial charge in [-0.05, 0) is 31.2 Å². The van der Waals surface area contributed by atoms with Crippen molar-refractivity contribution in [3.8, 4) is 5.75 Å². The zero-order chi connectivity index (χ0) is 15.5. The van der Waals surface area contributed by atoms with Gasteiger partial charge in [-0.25, -0.2) is 4.98 Å². The highest BCUT2D eigenvalue weighted by atomic mass is 16.3. The molecule has 0 radical (unpaired) electrons. The molecule has 1 amide bonds. The molecule has 0 aliphatic carbocycles. The van der Waals surface area contributed by atoms with Gasteiger partial charge in [-0.1, -0.05) is 24.3 Å². The van der Waals surface area contributed by atoms with Crippen LogP contribution >= 0.6 is 0 Å². The maximum Gasteiger partial charge on any atom is 0.255 e. The number of hydrogen-bond acceptors (Lipinski definition) is 3. The van der Waals surface area contributed by atoms with Gasteiger partial charge in [-0.15, -0.1) is 0 Å². The van der Waals surface area contributed by atoms with Crippen LogP contribution in [0.2, 0.25) is 0 Å². The molecule has 22 heavy (non-hydrogen) atoms. The molecule has 0 bridgehead atoms. The Morgan fingerprint density at radius 1 is 1.18 bits per heavy atom. The van der Waals surface area contributed by atoms with Crippen LogP contribution < -0.4 is 5.32 Å². The fourth-order valence-electron chi connectivity index (χ4n) is 2.52. The lowest BCUT2D eigenvalue weighted by molar-refractivity contribution is 0.0949. The van der Waals surface area contributed by atoms with Gasteiger partial charge in [0, 0.05) is 13.1 Å². The summed E-state index contributed by atoms with van der Waals surface area (Å²) in [7, 11) is 0. The van der Waals surface area contributed by atoms with Gasteiger partial charge in [0.15, 0.2) is 0 Å². The van der Waals surface area contributed by atoms with Gasteiger partial charge in [0.2, 0.25) is 0 Å². The number of rotatable bonds is 4. The molecule has 2 aromatic carbocycles. The molecule has 0 aliphatic heterocycles. The van der Waals surface area contributed by atoms with E-state index >= 15 is 0 Å². The van der Waals surface area contributed by atoms with E-state index < -0.39 is 0 Å². The summed E-state index contributed by atoms with van der Waals surface area (Å²) in [5, 5.41) is 12.5. The highest BCUT2D eigenvalue weighted by Gasteiger charge is 2.10. The van der Waals surface area contributed by atoms with Gasteiger partial charge in [-0.3, -0.25) is 4.79 Å². The molecule has 2 N–H and O–H groups in total. The summed E-state index contributed by atoms with van der Waals surface area (Å²) in [6.07, 6.45) is 0. The number of benzene rings is 2. The minimum atomic E-state index is -0.278. The summed E-state index contributed by atoms with van der Waals surface area (Å²) in [5.74, 6) is 0.627. The molecule has 5 nitrogen and oxygen atoms in total. The van der Waals surface area contributed by atoms with Crippen molar-refractivity contribution in [1.82, 2.24) is 14.9 Å². The van der Waals surface area contributed by atoms with E-state index in [9.17, 15) is 9.90 Å². The van der Waals surface area contributed by atoms with Crippen molar-refractivity contribution >= 4 is 16.9 Å². The number of fused-ring (bicyclic) bond motifs is 1. The smallest absolute Gasteiger partial charge is 0.255 e. The van der Waals surface area contributed by atoms with Crippen molar-refractivity contribution in [2.45, 2.75) is 13.5 Å². The van der Waals surface area contributed by atoms with Gasteiger partial charge in [-0.2, -0.15) is 0 Å². The van der Waals surface area contributed by atoms with Crippen LogP contribution in [0.15, 0.2) is 48.5 Å². The third-order valence-electron chi connectivity index (χ3n) is 3.62. The maximum atomic E-state index is 12.0. The summed E-state index contributed by atoms with van der Waals surface area (Å²) < 4.78 is 2.07. The minimum absolute atomic E-state index is 0.00994. The largest absolute Gasteiger partial charge is 0.507 e. The van der Waals surface area contributed by atoms with Crippen LogP contribution in [0.25, 0.3) is 11.0 Å². The molecular weight excluding hydrogens is 278 g/mol. The van der Waals surface area contributed by atoms with E-state index in [0.717, 1.165) is 16.9 Å². The van der Waals surface area contributed by atoms with Crippen molar-refractivity contribution in [3.63, 3.8) is 0 Å². The Morgan fingerprint density at radius 3 is 2.73 bits per heavy atom. The summed E-state index contributed by atoms with van der Waals surface area (Å²) in [6.45, 7) is 3.05. The molecule has 3 aromatic rings. The number of imidazole rings is 1. The molecule has 112 valence electrons. The van der Waals surface area contributed by atoms with Crippen molar-refractivity contribution in [2.75, 3.05) is 6.54 Å².